The number of alkyl halides is 2. The highest BCUT2D eigenvalue weighted by Gasteiger charge is 2.45. The molecule has 0 bridgehead atoms. The number of primary amides is 1. The third-order valence-corrected chi connectivity index (χ3v) is 6.02. The molecular weight excluding hydrogens is 422 g/mol. The van der Waals surface area contributed by atoms with Crippen LogP contribution in [0.15, 0.2) is 48.0 Å². The average molecular weight is 445 g/mol. The van der Waals surface area contributed by atoms with Crippen molar-refractivity contribution in [1.82, 2.24) is 9.97 Å². The molecule has 0 aliphatic heterocycles. The second-order valence-electron chi connectivity index (χ2n) is 7.44. The van der Waals surface area contributed by atoms with Gasteiger partial charge in [-0.25, -0.2) is 18.7 Å². The fraction of sp³-hybridized carbons (Fsp3) is 0.286. The van der Waals surface area contributed by atoms with Crippen LogP contribution in [-0.2, 0) is 0 Å². The molecule has 6 N–H and O–H groups in total. The molecule has 2 atom stereocenters. The molecule has 0 radical (unpaired) electrons. The number of amides is 1. The molecular formula is C21H22F2N6OS. The molecule has 1 aliphatic rings. The summed E-state index contributed by atoms with van der Waals surface area (Å²) in [4.78, 5) is 20.5. The second-order valence-corrected chi connectivity index (χ2v) is 8.33. The van der Waals surface area contributed by atoms with Crippen LogP contribution in [0.4, 0.5) is 26.1 Å². The highest BCUT2D eigenvalue weighted by molar-refractivity contribution is 7.13. The summed E-state index contributed by atoms with van der Waals surface area (Å²) < 4.78 is 28.7. The predicted molar refractivity (Wildman–Crippen MR) is 118 cm³/mol. The topological polar surface area (TPSA) is 119 Å². The maximum absolute atomic E-state index is 14.4. The highest BCUT2D eigenvalue weighted by atomic mass is 32.1. The normalized spacial score (nSPS) is 20.2. The Bertz CT molecular complexity index is 1080. The van der Waals surface area contributed by atoms with Crippen LogP contribution in [0.25, 0.3) is 10.6 Å². The molecule has 1 amide bonds. The molecule has 0 unspecified atom stereocenters. The number of nitrogens with two attached hydrogens (primary N) is 2. The summed E-state index contributed by atoms with van der Waals surface area (Å²) >= 11 is 1.50. The number of benzene rings is 1. The summed E-state index contributed by atoms with van der Waals surface area (Å²) in [6.45, 7) is 0. The van der Waals surface area contributed by atoms with Crippen LogP contribution in [0.1, 0.15) is 29.6 Å². The first-order valence-corrected chi connectivity index (χ1v) is 10.7. The zero-order valence-electron chi connectivity index (χ0n) is 16.5. The third-order valence-electron chi connectivity index (χ3n) is 5.20. The van der Waals surface area contributed by atoms with Crippen molar-refractivity contribution < 1.29 is 13.6 Å². The van der Waals surface area contributed by atoms with Crippen LogP contribution in [0.2, 0.25) is 0 Å². The number of nitrogens with one attached hydrogen (secondary N) is 2. The van der Waals surface area contributed by atoms with Gasteiger partial charge in [0.1, 0.15) is 22.7 Å². The van der Waals surface area contributed by atoms with Crippen LogP contribution in [-0.4, -0.2) is 33.9 Å². The number of rotatable bonds is 6. The largest absolute Gasteiger partial charge is 0.365 e. The highest BCUT2D eigenvalue weighted by Crippen LogP contribution is 2.35. The molecule has 1 saturated carbocycles. The van der Waals surface area contributed by atoms with Gasteiger partial charge in [0.15, 0.2) is 0 Å². The van der Waals surface area contributed by atoms with E-state index in [2.05, 4.69) is 20.6 Å². The number of hydrogen-bond acceptors (Lipinski definition) is 7. The summed E-state index contributed by atoms with van der Waals surface area (Å²) in [5.74, 6) is -3.28. The van der Waals surface area contributed by atoms with E-state index >= 15 is 0 Å². The number of nitrogens with zero attached hydrogens (tertiary/aromatic N) is 2. The Hall–Kier alpha value is -3.11. The number of pyridine rings is 1. The number of thiazole rings is 1. The van der Waals surface area contributed by atoms with Gasteiger partial charge >= 0.3 is 0 Å². The fourth-order valence-electron chi connectivity index (χ4n) is 3.65. The first-order chi connectivity index (χ1) is 14.8. The van der Waals surface area contributed by atoms with E-state index in [1.54, 1.807) is 12.3 Å². The Labute approximate surface area is 181 Å². The number of hydrogen-bond donors (Lipinski definition) is 4. The number of halogens is 2. The molecule has 10 heteroatoms. The van der Waals surface area contributed by atoms with Crippen molar-refractivity contribution in [2.75, 3.05) is 10.6 Å². The molecule has 0 saturated heterocycles. The molecule has 2 heterocycles. The van der Waals surface area contributed by atoms with E-state index in [-0.39, 0.29) is 23.6 Å². The molecule has 31 heavy (non-hydrogen) atoms. The standard InChI is InChI=1S/C21H22F2N6OS/c22-21(23)8-2-5-15(24)17(21)28-16-7-6-14(18(25)30)19(29-16)27-13-4-1-3-12(11-13)20-26-9-10-31-20/h1,3-4,6-7,9-11,15,17H,2,5,8,24H2,(H2,25,30)(H2,27,28,29)/t15-,17-/m0/s1. The number of carbonyl (C=O) groups excluding carboxylic acids is 1. The van der Waals surface area contributed by atoms with Gasteiger partial charge in [-0.05, 0) is 37.1 Å². The molecule has 1 fully saturated rings. The first-order valence-electron chi connectivity index (χ1n) is 9.81. The lowest BCUT2D eigenvalue weighted by molar-refractivity contribution is -0.0511. The lowest BCUT2D eigenvalue weighted by Crippen LogP contribution is -2.55. The molecule has 0 spiro atoms. The molecule has 2 aromatic heterocycles. The van der Waals surface area contributed by atoms with Gasteiger partial charge in [0.2, 0.25) is 0 Å². The summed E-state index contributed by atoms with van der Waals surface area (Å²) in [7, 11) is 0. The second kappa shape index (κ2) is 8.56. The van der Waals surface area contributed by atoms with Crippen molar-refractivity contribution in [3.8, 4) is 10.6 Å². The Kier molecular flexibility index (Phi) is 5.84. The molecule has 1 aromatic carbocycles. The monoisotopic (exact) mass is 444 g/mol. The van der Waals surface area contributed by atoms with Gasteiger partial charge in [-0.15, -0.1) is 11.3 Å². The molecule has 162 valence electrons. The predicted octanol–water partition coefficient (Wildman–Crippen LogP) is 3.97. The van der Waals surface area contributed by atoms with Crippen LogP contribution < -0.4 is 22.1 Å². The number of carbonyl (C=O) groups is 1. The Morgan fingerprint density at radius 1 is 1.26 bits per heavy atom. The van der Waals surface area contributed by atoms with E-state index in [1.807, 2.05) is 23.6 Å². The zero-order chi connectivity index (χ0) is 22.0. The lowest BCUT2D eigenvalue weighted by atomic mass is 9.87. The molecule has 3 aromatic rings. The van der Waals surface area contributed by atoms with E-state index in [0.717, 1.165) is 10.6 Å². The van der Waals surface area contributed by atoms with Gasteiger partial charge in [-0.3, -0.25) is 4.79 Å². The quantitative estimate of drug-likeness (QED) is 0.457. The fourth-order valence-corrected chi connectivity index (χ4v) is 4.28. The minimum Gasteiger partial charge on any atom is -0.365 e. The van der Waals surface area contributed by atoms with Crippen LogP contribution in [0.3, 0.4) is 0 Å². The van der Waals surface area contributed by atoms with E-state index in [9.17, 15) is 13.6 Å². The van der Waals surface area contributed by atoms with Crippen molar-refractivity contribution in [2.45, 2.75) is 37.3 Å². The molecule has 4 rings (SSSR count). The Morgan fingerprint density at radius 2 is 2.10 bits per heavy atom. The van der Waals surface area contributed by atoms with Crippen molar-refractivity contribution in [2.24, 2.45) is 11.5 Å². The van der Waals surface area contributed by atoms with Crippen molar-refractivity contribution in [3.63, 3.8) is 0 Å². The minimum absolute atomic E-state index is 0.143. The summed E-state index contributed by atoms with van der Waals surface area (Å²) in [5, 5.41) is 8.55. The van der Waals surface area contributed by atoms with E-state index in [0.29, 0.717) is 18.5 Å². The Morgan fingerprint density at radius 3 is 2.81 bits per heavy atom. The molecule has 7 nitrogen and oxygen atoms in total. The van der Waals surface area contributed by atoms with Crippen LogP contribution >= 0.6 is 11.3 Å². The maximum atomic E-state index is 14.4. The van der Waals surface area contributed by atoms with E-state index in [4.69, 9.17) is 11.5 Å². The summed E-state index contributed by atoms with van der Waals surface area (Å²) in [6.07, 6.45) is 2.37. The van der Waals surface area contributed by atoms with Crippen molar-refractivity contribution >= 4 is 34.6 Å². The van der Waals surface area contributed by atoms with Gasteiger partial charge in [0.25, 0.3) is 11.8 Å². The summed E-state index contributed by atoms with van der Waals surface area (Å²) in [6, 6.07) is 8.38. The van der Waals surface area contributed by atoms with E-state index < -0.39 is 23.9 Å². The number of anilines is 3. The zero-order valence-corrected chi connectivity index (χ0v) is 17.3. The van der Waals surface area contributed by atoms with E-state index in [1.165, 1.54) is 23.5 Å². The van der Waals surface area contributed by atoms with Crippen molar-refractivity contribution in [3.05, 3.63) is 53.5 Å². The minimum atomic E-state index is -2.95. The van der Waals surface area contributed by atoms with Crippen LogP contribution in [0, 0.1) is 0 Å². The smallest absolute Gasteiger partial charge is 0.269 e. The van der Waals surface area contributed by atoms with Gasteiger partial charge in [0.05, 0.1) is 5.56 Å². The summed E-state index contributed by atoms with van der Waals surface area (Å²) in [5.41, 5.74) is 13.1. The van der Waals surface area contributed by atoms with Gasteiger partial charge in [-0.2, -0.15) is 0 Å². The lowest BCUT2D eigenvalue weighted by Gasteiger charge is -2.36. The first kappa shape index (κ1) is 21.1. The number of aromatic nitrogens is 2. The maximum Gasteiger partial charge on any atom is 0.269 e. The Balaban J connectivity index is 1.63. The molecule has 1 aliphatic carbocycles. The van der Waals surface area contributed by atoms with Crippen molar-refractivity contribution in [1.29, 1.82) is 0 Å². The van der Waals surface area contributed by atoms with Gasteiger partial charge in [0, 0.05) is 35.3 Å². The third kappa shape index (κ3) is 4.64. The van der Waals surface area contributed by atoms with Gasteiger partial charge < -0.3 is 22.1 Å². The van der Waals surface area contributed by atoms with Gasteiger partial charge in [-0.1, -0.05) is 12.1 Å². The average Bonchev–Trinajstić information content (AvgIpc) is 3.26. The van der Waals surface area contributed by atoms with Crippen LogP contribution in [0.5, 0.6) is 0 Å². The SMILES string of the molecule is NC(=O)c1ccc(N[C@H]2[C@@H](N)CCCC2(F)F)nc1Nc1cccc(-c2nccs2)c1.